The average molecular weight is 651 g/mol. The quantitative estimate of drug-likeness (QED) is 0.152. The predicted molar refractivity (Wildman–Crippen MR) is 169 cm³/mol. The van der Waals surface area contributed by atoms with E-state index in [2.05, 4.69) is 26.5 Å². The van der Waals surface area contributed by atoms with Crippen molar-refractivity contribution in [2.24, 2.45) is 5.10 Å². The highest BCUT2D eigenvalue weighted by molar-refractivity contribution is 9.10. The van der Waals surface area contributed by atoms with Crippen molar-refractivity contribution in [1.29, 1.82) is 0 Å². The van der Waals surface area contributed by atoms with Gasteiger partial charge in [0.2, 0.25) is 0 Å². The Morgan fingerprint density at radius 1 is 0.952 bits per heavy atom. The number of hydrogen-bond acceptors (Lipinski definition) is 6. The first-order valence-corrected chi connectivity index (χ1v) is 15.3. The Hall–Kier alpha value is -4.15. The summed E-state index contributed by atoms with van der Waals surface area (Å²) in [6.45, 7) is 5.61. The number of amides is 1. The minimum absolute atomic E-state index is 0.0918. The van der Waals surface area contributed by atoms with Crippen LogP contribution in [0.2, 0.25) is 0 Å². The molecule has 0 unspecified atom stereocenters. The molecule has 42 heavy (non-hydrogen) atoms. The lowest BCUT2D eigenvalue weighted by molar-refractivity contribution is -0.119. The molecule has 10 heteroatoms. The Morgan fingerprint density at radius 3 is 2.33 bits per heavy atom. The highest BCUT2D eigenvalue weighted by atomic mass is 79.9. The van der Waals surface area contributed by atoms with Gasteiger partial charge in [0, 0.05) is 0 Å². The molecule has 1 N–H and O–H groups in total. The Balaban J connectivity index is 1.51. The van der Waals surface area contributed by atoms with Crippen LogP contribution in [0.3, 0.4) is 0 Å². The number of aryl methyl sites for hydroxylation is 3. The highest BCUT2D eigenvalue weighted by Gasteiger charge is 2.27. The van der Waals surface area contributed by atoms with Crippen LogP contribution in [0.4, 0.5) is 5.69 Å². The third-order valence-corrected chi connectivity index (χ3v) is 8.93. The molecular formula is C32H32BrN3O5S. The number of sulfonamides is 1. The van der Waals surface area contributed by atoms with Gasteiger partial charge in [0.05, 0.1) is 28.4 Å². The second kappa shape index (κ2) is 13.7. The van der Waals surface area contributed by atoms with Gasteiger partial charge in [0.25, 0.3) is 15.9 Å². The van der Waals surface area contributed by atoms with Crippen LogP contribution < -0.4 is 19.2 Å². The van der Waals surface area contributed by atoms with Gasteiger partial charge in [0.15, 0.2) is 11.5 Å². The molecule has 4 aromatic carbocycles. The number of rotatable bonds is 11. The summed E-state index contributed by atoms with van der Waals surface area (Å²) in [5, 5.41) is 4.06. The monoisotopic (exact) mass is 649 g/mol. The second-order valence-electron chi connectivity index (χ2n) is 9.69. The lowest BCUT2D eigenvalue weighted by Crippen LogP contribution is -2.39. The first-order chi connectivity index (χ1) is 20.1. The molecule has 0 heterocycles. The van der Waals surface area contributed by atoms with E-state index in [4.69, 9.17) is 9.47 Å². The molecule has 0 aliphatic carbocycles. The Kier molecular flexibility index (Phi) is 10.0. The summed E-state index contributed by atoms with van der Waals surface area (Å²) in [7, 11) is -2.50. The molecule has 0 spiro atoms. The summed E-state index contributed by atoms with van der Waals surface area (Å²) >= 11 is 3.52. The number of hydrazone groups is 1. The maximum atomic E-state index is 13.6. The van der Waals surface area contributed by atoms with Gasteiger partial charge in [-0.25, -0.2) is 13.8 Å². The van der Waals surface area contributed by atoms with E-state index >= 15 is 0 Å². The number of anilines is 1. The van der Waals surface area contributed by atoms with Crippen molar-refractivity contribution in [3.05, 3.63) is 117 Å². The maximum Gasteiger partial charge on any atom is 0.264 e. The highest BCUT2D eigenvalue weighted by Crippen LogP contribution is 2.37. The number of methoxy groups -OCH3 is 1. The van der Waals surface area contributed by atoms with Gasteiger partial charge in [-0.1, -0.05) is 54.1 Å². The third kappa shape index (κ3) is 7.57. The minimum atomic E-state index is -4.03. The van der Waals surface area contributed by atoms with Crippen LogP contribution in [-0.4, -0.2) is 34.2 Å². The minimum Gasteiger partial charge on any atom is -0.493 e. The summed E-state index contributed by atoms with van der Waals surface area (Å²) in [6, 6.07) is 25.1. The van der Waals surface area contributed by atoms with Gasteiger partial charge in [-0.2, -0.15) is 5.10 Å². The fourth-order valence-electron chi connectivity index (χ4n) is 4.06. The van der Waals surface area contributed by atoms with Gasteiger partial charge in [-0.05, 0) is 95.4 Å². The fourth-order valence-corrected chi connectivity index (χ4v) is 6.05. The molecule has 0 saturated carbocycles. The van der Waals surface area contributed by atoms with Crippen molar-refractivity contribution in [3.8, 4) is 11.5 Å². The van der Waals surface area contributed by atoms with Crippen LogP contribution in [0.5, 0.6) is 11.5 Å². The summed E-state index contributed by atoms with van der Waals surface area (Å²) in [6.07, 6.45) is 1.45. The summed E-state index contributed by atoms with van der Waals surface area (Å²) in [4.78, 5) is 13.1. The van der Waals surface area contributed by atoms with Crippen LogP contribution in [0.15, 0.2) is 99.4 Å². The SMILES string of the molecule is COc1cc(/C=N\NC(=O)CN(c2ccc(C)c(C)c2)S(=O)(=O)c2ccc(C)cc2)cc(Br)c1OCc1ccccc1. The molecule has 0 atom stereocenters. The van der Waals surface area contributed by atoms with E-state index in [0.717, 1.165) is 26.6 Å². The Labute approximate surface area is 255 Å². The fraction of sp³-hybridized carbons (Fsp3) is 0.188. The number of benzene rings is 4. The molecule has 218 valence electrons. The molecule has 0 aromatic heterocycles. The van der Waals surface area contributed by atoms with Gasteiger partial charge < -0.3 is 9.47 Å². The lowest BCUT2D eigenvalue weighted by atomic mass is 10.1. The molecule has 0 fully saturated rings. The lowest BCUT2D eigenvalue weighted by Gasteiger charge is -2.24. The van der Waals surface area contributed by atoms with Gasteiger partial charge >= 0.3 is 0 Å². The van der Waals surface area contributed by atoms with Crippen molar-refractivity contribution < 1.29 is 22.7 Å². The van der Waals surface area contributed by atoms with E-state index in [1.807, 2.05) is 57.2 Å². The van der Waals surface area contributed by atoms with Crippen molar-refractivity contribution in [2.45, 2.75) is 32.3 Å². The van der Waals surface area contributed by atoms with E-state index in [0.29, 0.717) is 33.8 Å². The molecule has 1 amide bonds. The zero-order valence-corrected chi connectivity index (χ0v) is 26.2. The van der Waals surface area contributed by atoms with Crippen molar-refractivity contribution in [2.75, 3.05) is 18.0 Å². The molecule has 4 rings (SSSR count). The molecule has 0 saturated heterocycles. The van der Waals surface area contributed by atoms with Crippen LogP contribution in [0, 0.1) is 20.8 Å². The maximum absolute atomic E-state index is 13.6. The first kappa shape index (κ1) is 30.8. The van der Waals surface area contributed by atoms with Crippen molar-refractivity contribution >= 4 is 43.8 Å². The molecule has 0 aliphatic rings. The van der Waals surface area contributed by atoms with Gasteiger partial charge in [-0.3, -0.25) is 9.10 Å². The first-order valence-electron chi connectivity index (χ1n) is 13.1. The zero-order valence-electron chi connectivity index (χ0n) is 23.8. The van der Waals surface area contributed by atoms with E-state index in [9.17, 15) is 13.2 Å². The molecule has 0 radical (unpaired) electrons. The molecular weight excluding hydrogens is 618 g/mol. The number of ether oxygens (including phenoxy) is 2. The number of nitrogens with zero attached hydrogens (tertiary/aromatic N) is 2. The molecule has 8 nitrogen and oxygen atoms in total. The third-order valence-electron chi connectivity index (χ3n) is 6.56. The van der Waals surface area contributed by atoms with Crippen molar-refractivity contribution in [1.82, 2.24) is 5.43 Å². The Bertz CT molecular complexity index is 1690. The number of halogens is 1. The number of carbonyl (C=O) groups is 1. The molecule has 0 bridgehead atoms. The smallest absolute Gasteiger partial charge is 0.264 e. The van der Waals surface area contributed by atoms with Crippen LogP contribution >= 0.6 is 15.9 Å². The van der Waals surface area contributed by atoms with Crippen LogP contribution in [0.1, 0.15) is 27.8 Å². The Morgan fingerprint density at radius 2 is 1.67 bits per heavy atom. The summed E-state index contributed by atoms with van der Waals surface area (Å²) < 4.78 is 40.5. The summed E-state index contributed by atoms with van der Waals surface area (Å²) in [5.41, 5.74) is 7.32. The van der Waals surface area contributed by atoms with E-state index < -0.39 is 22.5 Å². The molecule has 0 aliphatic heterocycles. The van der Waals surface area contributed by atoms with Gasteiger partial charge in [0.1, 0.15) is 13.2 Å². The van der Waals surface area contributed by atoms with Gasteiger partial charge in [-0.15, -0.1) is 0 Å². The number of carbonyl (C=O) groups excluding carboxylic acids is 1. The average Bonchev–Trinajstić information content (AvgIpc) is 2.97. The second-order valence-corrected chi connectivity index (χ2v) is 12.4. The standard InChI is InChI=1S/C32H32BrN3O5S/c1-22-10-14-28(15-11-22)42(38,39)36(27-13-12-23(2)24(3)16-27)20-31(37)35-34-19-26-17-29(33)32(30(18-26)40-4)41-21-25-8-6-5-7-9-25/h5-19H,20-21H2,1-4H3,(H,35,37)/b34-19-. The topological polar surface area (TPSA) is 97.3 Å². The largest absolute Gasteiger partial charge is 0.493 e. The number of nitrogens with one attached hydrogen (secondary N) is 1. The zero-order chi connectivity index (χ0) is 30.3. The normalized spacial score (nSPS) is 11.4. The van der Waals surface area contributed by atoms with E-state index in [1.165, 1.54) is 25.5 Å². The van der Waals surface area contributed by atoms with Crippen LogP contribution in [0.25, 0.3) is 0 Å². The van der Waals surface area contributed by atoms with Crippen molar-refractivity contribution in [3.63, 3.8) is 0 Å². The molecule has 4 aromatic rings. The predicted octanol–water partition coefficient (Wildman–Crippen LogP) is 6.31. The van der Waals surface area contributed by atoms with Crippen LogP contribution in [-0.2, 0) is 21.4 Å². The van der Waals surface area contributed by atoms with E-state index in [1.54, 1.807) is 36.4 Å². The summed E-state index contributed by atoms with van der Waals surface area (Å²) in [5.74, 6) is 0.417. The van der Waals surface area contributed by atoms with E-state index in [-0.39, 0.29) is 4.90 Å². The number of hydrogen-bond donors (Lipinski definition) is 1.